The molecule has 19 heavy (non-hydrogen) atoms. The highest BCUT2D eigenvalue weighted by Crippen LogP contribution is 2.43. The Bertz CT molecular complexity index is 413. The van der Waals surface area contributed by atoms with Gasteiger partial charge in [-0.15, -0.1) is 4.91 Å². The van der Waals surface area contributed by atoms with E-state index in [0.29, 0.717) is 25.9 Å². The lowest BCUT2D eigenvalue weighted by molar-refractivity contribution is -0.138. The van der Waals surface area contributed by atoms with E-state index in [4.69, 9.17) is 10.00 Å². The average molecular weight is 292 g/mol. The number of carboxylic acid groups (broad SMARTS) is 1. The summed E-state index contributed by atoms with van der Waals surface area (Å²) in [6.07, 6.45) is 0.129. The lowest BCUT2D eigenvalue weighted by Gasteiger charge is -2.22. The number of aliphatic carboxylic acids is 1. The summed E-state index contributed by atoms with van der Waals surface area (Å²) < 4.78 is 11.2. The SMILES string of the molecule is O=NP(=O)(O)CC(=O)C1CCCNC[C@@H]1CC(=O)O. The van der Waals surface area contributed by atoms with Crippen LogP contribution in [-0.2, 0) is 14.2 Å². The van der Waals surface area contributed by atoms with Crippen molar-refractivity contribution in [2.75, 3.05) is 19.3 Å². The summed E-state index contributed by atoms with van der Waals surface area (Å²) in [5, 5.41) is 11.9. The maximum Gasteiger partial charge on any atom is 0.357 e. The van der Waals surface area contributed by atoms with E-state index in [1.807, 2.05) is 0 Å². The minimum Gasteiger partial charge on any atom is -0.481 e. The summed E-state index contributed by atoms with van der Waals surface area (Å²) in [5.74, 6) is -2.62. The fourth-order valence-corrected chi connectivity index (χ4v) is 3.02. The van der Waals surface area contributed by atoms with Crippen LogP contribution in [0.15, 0.2) is 4.95 Å². The summed E-state index contributed by atoms with van der Waals surface area (Å²) in [5.41, 5.74) is 0. The molecule has 0 spiro atoms. The predicted octanol–water partition coefficient (Wildman–Crippen LogP) is 0.598. The first-order chi connectivity index (χ1) is 8.85. The van der Waals surface area contributed by atoms with Crippen LogP contribution in [0.3, 0.4) is 0 Å². The van der Waals surface area contributed by atoms with Crippen LogP contribution in [0.1, 0.15) is 19.3 Å². The largest absolute Gasteiger partial charge is 0.481 e. The van der Waals surface area contributed by atoms with Gasteiger partial charge in [-0.25, -0.2) is 0 Å². The zero-order valence-electron chi connectivity index (χ0n) is 10.3. The third kappa shape index (κ3) is 5.18. The Labute approximate surface area is 110 Å². The molecule has 108 valence electrons. The van der Waals surface area contributed by atoms with Crippen molar-refractivity contribution < 1.29 is 24.2 Å². The molecule has 2 unspecified atom stereocenters. The fourth-order valence-electron chi connectivity index (χ4n) is 2.32. The van der Waals surface area contributed by atoms with Gasteiger partial charge in [-0.1, -0.05) is 0 Å². The molecule has 0 amide bonds. The van der Waals surface area contributed by atoms with Crippen molar-refractivity contribution in [3.05, 3.63) is 4.91 Å². The maximum absolute atomic E-state index is 12.0. The quantitative estimate of drug-likeness (QED) is 0.482. The topological polar surface area (TPSA) is 133 Å². The van der Waals surface area contributed by atoms with E-state index in [1.165, 1.54) is 0 Å². The van der Waals surface area contributed by atoms with E-state index >= 15 is 0 Å². The van der Waals surface area contributed by atoms with Gasteiger partial charge in [0.2, 0.25) is 0 Å². The Balaban J connectivity index is 2.78. The molecular weight excluding hydrogens is 275 g/mol. The summed E-state index contributed by atoms with van der Waals surface area (Å²) in [7, 11) is -4.32. The molecule has 9 heteroatoms. The monoisotopic (exact) mass is 292 g/mol. The number of ketones is 1. The number of carboxylic acids is 1. The smallest absolute Gasteiger partial charge is 0.357 e. The summed E-state index contributed by atoms with van der Waals surface area (Å²) in [4.78, 5) is 44.1. The van der Waals surface area contributed by atoms with Gasteiger partial charge >= 0.3 is 13.5 Å². The van der Waals surface area contributed by atoms with E-state index in [-0.39, 0.29) is 6.42 Å². The molecular formula is C10H17N2O6P. The Hall–Kier alpha value is -1.11. The van der Waals surface area contributed by atoms with Crippen LogP contribution < -0.4 is 5.32 Å². The van der Waals surface area contributed by atoms with Gasteiger partial charge in [0.25, 0.3) is 0 Å². The van der Waals surface area contributed by atoms with Gasteiger partial charge in [0.15, 0.2) is 0 Å². The third-order valence-electron chi connectivity index (χ3n) is 3.18. The molecule has 0 aromatic rings. The van der Waals surface area contributed by atoms with E-state index in [2.05, 4.69) is 10.3 Å². The first-order valence-electron chi connectivity index (χ1n) is 5.97. The molecule has 0 radical (unpaired) electrons. The highest BCUT2D eigenvalue weighted by atomic mass is 31.2. The van der Waals surface area contributed by atoms with Crippen molar-refractivity contribution >= 4 is 19.3 Å². The molecule has 1 aliphatic rings. The molecule has 1 saturated heterocycles. The summed E-state index contributed by atoms with van der Waals surface area (Å²) in [6, 6.07) is 0. The zero-order valence-corrected chi connectivity index (χ0v) is 11.2. The van der Waals surface area contributed by atoms with Gasteiger partial charge < -0.3 is 15.3 Å². The fraction of sp³-hybridized carbons (Fsp3) is 0.800. The Morgan fingerprint density at radius 2 is 2.11 bits per heavy atom. The number of carbonyl (C=O) groups is 2. The number of hydrogen-bond acceptors (Lipinski definition) is 5. The summed E-state index contributed by atoms with van der Waals surface area (Å²) >= 11 is 0. The van der Waals surface area contributed by atoms with Gasteiger partial charge in [-0.05, 0) is 31.8 Å². The van der Waals surface area contributed by atoms with Crippen LogP contribution in [-0.4, -0.2) is 41.0 Å². The molecule has 0 aromatic heterocycles. The highest BCUT2D eigenvalue weighted by molar-refractivity contribution is 7.57. The lowest BCUT2D eigenvalue weighted by atomic mass is 9.84. The maximum atomic E-state index is 12.0. The molecule has 1 heterocycles. The number of carbonyl (C=O) groups excluding carboxylic acids is 1. The van der Waals surface area contributed by atoms with Crippen LogP contribution >= 0.6 is 7.52 Å². The molecule has 0 aromatic carbocycles. The van der Waals surface area contributed by atoms with Gasteiger partial charge in [0.05, 0.1) is 6.42 Å². The van der Waals surface area contributed by atoms with Gasteiger partial charge in [-0.3, -0.25) is 14.2 Å². The van der Waals surface area contributed by atoms with Crippen molar-refractivity contribution in [2.24, 2.45) is 16.8 Å². The van der Waals surface area contributed by atoms with Crippen LogP contribution in [0.5, 0.6) is 0 Å². The molecule has 1 fully saturated rings. The average Bonchev–Trinajstić information content (AvgIpc) is 2.53. The molecule has 0 aliphatic carbocycles. The van der Waals surface area contributed by atoms with Crippen molar-refractivity contribution in [1.29, 1.82) is 0 Å². The standard InChI is InChI=1S/C10H17N2O6P/c13-9(6-19(17,18)12-16)8-2-1-3-11-5-7(8)4-10(14)15/h7-8,11H,1-6H2,(H,14,15)(H,17,18)/t7-,8?/m0/s1. The molecule has 3 N–H and O–H groups in total. The molecule has 1 aliphatic heterocycles. The Morgan fingerprint density at radius 3 is 2.68 bits per heavy atom. The number of hydrogen-bond donors (Lipinski definition) is 3. The third-order valence-corrected chi connectivity index (χ3v) is 4.16. The molecule has 3 atom stereocenters. The lowest BCUT2D eigenvalue weighted by Crippen LogP contribution is -2.32. The second-order valence-electron chi connectivity index (χ2n) is 4.68. The summed E-state index contributed by atoms with van der Waals surface area (Å²) in [6.45, 7) is 1.04. The number of Topliss-reactive ketones (excluding diaryl/α,β-unsaturated/α-hetero) is 1. The van der Waals surface area contributed by atoms with Crippen LogP contribution in [0.25, 0.3) is 0 Å². The van der Waals surface area contributed by atoms with E-state index < -0.39 is 37.3 Å². The minimum atomic E-state index is -4.32. The van der Waals surface area contributed by atoms with Crippen LogP contribution in [0, 0.1) is 16.7 Å². The molecule has 1 rings (SSSR count). The van der Waals surface area contributed by atoms with Crippen molar-refractivity contribution in [1.82, 2.24) is 5.32 Å². The van der Waals surface area contributed by atoms with E-state index in [9.17, 15) is 19.1 Å². The van der Waals surface area contributed by atoms with Crippen LogP contribution in [0.4, 0.5) is 0 Å². The predicted molar refractivity (Wildman–Crippen MR) is 66.8 cm³/mol. The first kappa shape index (κ1) is 15.9. The number of nitrogens with zero attached hydrogens (tertiary/aromatic N) is 1. The van der Waals surface area contributed by atoms with Crippen LogP contribution in [0.2, 0.25) is 0 Å². The van der Waals surface area contributed by atoms with Crippen molar-refractivity contribution in [3.63, 3.8) is 0 Å². The Morgan fingerprint density at radius 1 is 1.42 bits per heavy atom. The second kappa shape index (κ2) is 6.88. The first-order valence-corrected chi connectivity index (χ1v) is 7.77. The van der Waals surface area contributed by atoms with E-state index in [1.54, 1.807) is 0 Å². The molecule has 8 nitrogen and oxygen atoms in total. The zero-order chi connectivity index (χ0) is 14.5. The number of nitroso groups, excluding NO2 is 1. The van der Waals surface area contributed by atoms with Gasteiger partial charge in [0.1, 0.15) is 11.9 Å². The van der Waals surface area contributed by atoms with Crippen molar-refractivity contribution in [3.8, 4) is 0 Å². The normalized spacial score (nSPS) is 27.0. The van der Waals surface area contributed by atoms with Crippen molar-refractivity contribution in [2.45, 2.75) is 19.3 Å². The van der Waals surface area contributed by atoms with Gasteiger partial charge in [-0.2, -0.15) is 0 Å². The van der Waals surface area contributed by atoms with Gasteiger partial charge in [0, 0.05) is 10.9 Å². The molecule has 0 saturated carbocycles. The second-order valence-corrected chi connectivity index (χ2v) is 6.49. The number of nitrogens with one attached hydrogen (secondary N) is 1. The Kier molecular flexibility index (Phi) is 5.78. The van der Waals surface area contributed by atoms with E-state index in [0.717, 1.165) is 0 Å². The number of rotatable bonds is 6. The highest BCUT2D eigenvalue weighted by Gasteiger charge is 2.35. The minimum absolute atomic E-state index is 0.187. The molecule has 0 bridgehead atoms.